The van der Waals surface area contributed by atoms with Gasteiger partial charge in [0, 0.05) is 12.3 Å². The molecule has 1 fully saturated rings. The quantitative estimate of drug-likeness (QED) is 0.660. The number of hydrogen-bond acceptors (Lipinski definition) is 2. The number of hydrogen-bond donors (Lipinski definition) is 2. The van der Waals surface area contributed by atoms with Crippen LogP contribution < -0.4 is 5.32 Å². The Bertz CT molecular complexity index is 535. The molecule has 1 aromatic rings. The zero-order valence-corrected chi connectivity index (χ0v) is 15.2. The van der Waals surface area contributed by atoms with Crippen molar-refractivity contribution in [1.82, 2.24) is 5.32 Å². The summed E-state index contributed by atoms with van der Waals surface area (Å²) in [6.07, 6.45) is 9.39. The molecule has 1 aliphatic carbocycles. The Morgan fingerprint density at radius 2 is 1.80 bits per heavy atom. The molecule has 1 amide bonds. The van der Waals surface area contributed by atoms with Crippen molar-refractivity contribution in [3.63, 3.8) is 0 Å². The molecule has 0 saturated heterocycles. The van der Waals surface area contributed by atoms with E-state index < -0.39 is 12.0 Å². The summed E-state index contributed by atoms with van der Waals surface area (Å²) in [4.78, 5) is 24.0. The fraction of sp³-hybridized carbons (Fsp3) is 0.619. The van der Waals surface area contributed by atoms with E-state index >= 15 is 0 Å². The van der Waals surface area contributed by atoms with Gasteiger partial charge in [-0.1, -0.05) is 62.9 Å². The molecular weight excluding hydrogens is 314 g/mol. The predicted molar refractivity (Wildman–Crippen MR) is 99.3 cm³/mol. The predicted octanol–water partition coefficient (Wildman–Crippen LogP) is 4.19. The van der Waals surface area contributed by atoms with Crippen LogP contribution in [0.2, 0.25) is 0 Å². The minimum Gasteiger partial charge on any atom is -0.480 e. The van der Waals surface area contributed by atoms with E-state index in [4.69, 9.17) is 0 Å². The third-order valence-electron chi connectivity index (χ3n) is 5.33. The first-order valence-electron chi connectivity index (χ1n) is 9.67. The van der Waals surface area contributed by atoms with Gasteiger partial charge in [-0.05, 0) is 37.2 Å². The van der Waals surface area contributed by atoms with Crippen LogP contribution in [0.25, 0.3) is 0 Å². The maximum Gasteiger partial charge on any atom is 0.326 e. The number of amides is 1. The van der Waals surface area contributed by atoms with Crippen LogP contribution in [0.1, 0.15) is 63.9 Å². The van der Waals surface area contributed by atoms with E-state index in [-0.39, 0.29) is 11.8 Å². The molecule has 138 valence electrons. The van der Waals surface area contributed by atoms with Gasteiger partial charge >= 0.3 is 5.97 Å². The summed E-state index contributed by atoms with van der Waals surface area (Å²) in [6.45, 7) is 2.22. The Balaban J connectivity index is 1.80. The summed E-state index contributed by atoms with van der Waals surface area (Å²) < 4.78 is 0. The van der Waals surface area contributed by atoms with Gasteiger partial charge in [0.25, 0.3) is 0 Å². The molecule has 2 N–H and O–H groups in total. The Kier molecular flexibility index (Phi) is 7.96. The minimum atomic E-state index is -0.967. The second-order valence-corrected chi connectivity index (χ2v) is 7.30. The van der Waals surface area contributed by atoms with E-state index in [0.717, 1.165) is 37.2 Å². The summed E-state index contributed by atoms with van der Waals surface area (Å²) in [5.41, 5.74) is 0.926. The molecular formula is C21H31NO3. The van der Waals surface area contributed by atoms with E-state index in [1.54, 1.807) is 0 Å². The molecule has 1 aliphatic rings. The van der Waals surface area contributed by atoms with E-state index in [2.05, 4.69) is 12.2 Å². The maximum absolute atomic E-state index is 12.5. The van der Waals surface area contributed by atoms with E-state index in [1.165, 1.54) is 25.7 Å². The number of aliphatic carboxylic acids is 1. The zero-order chi connectivity index (χ0) is 18.1. The van der Waals surface area contributed by atoms with Gasteiger partial charge in [-0.2, -0.15) is 0 Å². The number of benzene rings is 1. The second kappa shape index (κ2) is 10.2. The number of unbranched alkanes of at least 4 members (excludes halogenated alkanes) is 2. The first-order chi connectivity index (χ1) is 12.1. The highest BCUT2D eigenvalue weighted by Gasteiger charge is 2.29. The summed E-state index contributed by atoms with van der Waals surface area (Å²) in [5, 5.41) is 12.2. The van der Waals surface area contributed by atoms with Gasteiger partial charge in [0.2, 0.25) is 5.91 Å². The van der Waals surface area contributed by atoms with Crippen LogP contribution in [0.15, 0.2) is 30.3 Å². The summed E-state index contributed by atoms with van der Waals surface area (Å²) in [6, 6.07) is 8.60. The van der Waals surface area contributed by atoms with Gasteiger partial charge in [-0.3, -0.25) is 4.79 Å². The molecule has 0 radical (unpaired) electrons. The normalized spacial score (nSPS) is 21.5. The molecule has 0 aromatic heterocycles. The Morgan fingerprint density at radius 3 is 2.40 bits per heavy atom. The van der Waals surface area contributed by atoms with Gasteiger partial charge in [0.1, 0.15) is 6.04 Å². The number of carbonyl (C=O) groups is 2. The topological polar surface area (TPSA) is 66.4 Å². The van der Waals surface area contributed by atoms with Gasteiger partial charge in [-0.15, -0.1) is 0 Å². The molecule has 0 bridgehead atoms. The van der Waals surface area contributed by atoms with Crippen LogP contribution in [0.4, 0.5) is 0 Å². The molecule has 1 aromatic carbocycles. The van der Waals surface area contributed by atoms with Crippen molar-refractivity contribution in [3.05, 3.63) is 35.9 Å². The number of carboxylic acids is 1. The standard InChI is InChI=1S/C21H31NO3/c1-2-3-5-8-16-11-13-18(14-12-16)20(23)22-19(21(24)25)15-17-9-6-4-7-10-17/h4,6-7,9-10,16,18-19H,2-3,5,8,11-15H2,1H3,(H,22,23)(H,24,25)/t16?,18?,19-/m1/s1. The van der Waals surface area contributed by atoms with E-state index in [9.17, 15) is 14.7 Å². The molecule has 1 saturated carbocycles. The van der Waals surface area contributed by atoms with Crippen molar-refractivity contribution in [2.75, 3.05) is 0 Å². The van der Waals surface area contributed by atoms with Crippen LogP contribution in [0, 0.1) is 11.8 Å². The van der Waals surface area contributed by atoms with Gasteiger partial charge in [0.05, 0.1) is 0 Å². The smallest absolute Gasteiger partial charge is 0.326 e. The molecule has 4 heteroatoms. The Hall–Kier alpha value is -1.84. The third-order valence-corrected chi connectivity index (χ3v) is 5.33. The molecule has 2 rings (SSSR count). The number of carbonyl (C=O) groups excluding carboxylic acids is 1. The van der Waals surface area contributed by atoms with Crippen LogP contribution in [-0.4, -0.2) is 23.0 Å². The highest BCUT2D eigenvalue weighted by Crippen LogP contribution is 2.32. The van der Waals surface area contributed by atoms with Crippen LogP contribution >= 0.6 is 0 Å². The summed E-state index contributed by atoms with van der Waals surface area (Å²) in [7, 11) is 0. The average Bonchev–Trinajstić information content (AvgIpc) is 2.62. The van der Waals surface area contributed by atoms with Crippen molar-refractivity contribution in [2.45, 2.75) is 70.8 Å². The van der Waals surface area contributed by atoms with Crippen LogP contribution in [-0.2, 0) is 16.0 Å². The Labute approximate surface area is 151 Å². The van der Waals surface area contributed by atoms with Crippen LogP contribution in [0.5, 0.6) is 0 Å². The lowest BCUT2D eigenvalue weighted by Crippen LogP contribution is -2.45. The second-order valence-electron chi connectivity index (χ2n) is 7.30. The van der Waals surface area contributed by atoms with Crippen molar-refractivity contribution in [3.8, 4) is 0 Å². The van der Waals surface area contributed by atoms with E-state index in [1.807, 2.05) is 30.3 Å². The van der Waals surface area contributed by atoms with Gasteiger partial charge < -0.3 is 10.4 Å². The SMILES string of the molecule is CCCCCC1CCC(C(=O)N[C@H](Cc2ccccc2)C(=O)O)CC1. The first kappa shape index (κ1) is 19.5. The minimum absolute atomic E-state index is 0.0277. The molecule has 0 spiro atoms. The Morgan fingerprint density at radius 1 is 1.12 bits per heavy atom. The first-order valence-corrected chi connectivity index (χ1v) is 9.67. The number of nitrogens with one attached hydrogen (secondary N) is 1. The van der Waals surface area contributed by atoms with Crippen molar-refractivity contribution in [1.29, 1.82) is 0 Å². The number of carboxylic acid groups (broad SMARTS) is 1. The molecule has 0 unspecified atom stereocenters. The molecule has 1 atom stereocenters. The summed E-state index contributed by atoms with van der Waals surface area (Å²) in [5.74, 6) is -0.337. The monoisotopic (exact) mass is 345 g/mol. The average molecular weight is 345 g/mol. The fourth-order valence-electron chi connectivity index (χ4n) is 3.74. The van der Waals surface area contributed by atoms with Gasteiger partial charge in [-0.25, -0.2) is 4.79 Å². The largest absolute Gasteiger partial charge is 0.480 e. The summed E-state index contributed by atoms with van der Waals surface area (Å²) >= 11 is 0. The third kappa shape index (κ3) is 6.52. The van der Waals surface area contributed by atoms with Crippen molar-refractivity contribution < 1.29 is 14.7 Å². The fourth-order valence-corrected chi connectivity index (χ4v) is 3.74. The lowest BCUT2D eigenvalue weighted by atomic mass is 9.79. The zero-order valence-electron chi connectivity index (χ0n) is 15.2. The van der Waals surface area contributed by atoms with E-state index in [0.29, 0.717) is 6.42 Å². The molecule has 4 nitrogen and oxygen atoms in total. The molecule has 25 heavy (non-hydrogen) atoms. The number of rotatable bonds is 9. The highest BCUT2D eigenvalue weighted by atomic mass is 16.4. The lowest BCUT2D eigenvalue weighted by molar-refractivity contribution is -0.142. The highest BCUT2D eigenvalue weighted by molar-refractivity contribution is 5.85. The van der Waals surface area contributed by atoms with Crippen molar-refractivity contribution >= 4 is 11.9 Å². The maximum atomic E-state index is 12.5. The van der Waals surface area contributed by atoms with Crippen molar-refractivity contribution in [2.24, 2.45) is 11.8 Å². The lowest BCUT2D eigenvalue weighted by Gasteiger charge is -2.28. The molecule has 0 aliphatic heterocycles. The van der Waals surface area contributed by atoms with Gasteiger partial charge in [0.15, 0.2) is 0 Å². The molecule has 0 heterocycles. The van der Waals surface area contributed by atoms with Crippen LogP contribution in [0.3, 0.4) is 0 Å².